The number of hydrogen-bond acceptors (Lipinski definition) is 3. The number of amides is 1. The molecule has 45 heavy (non-hydrogen) atoms. The smallest absolute Gasteiger partial charge is 0.220 e. The second-order valence-electron chi connectivity index (χ2n) is 13.3. The standard InChI is InChI=1S/C41H77NO3/c1-3-5-7-9-11-13-15-16-17-18-19-20-21-22-23-24-25-27-29-31-33-35-37-41(45)42-39(38-43)40(44)36-34-32-30-28-26-14-12-10-8-6-4-2/h21-22,26,28,34,36,39-40,43-44H,3-20,23-25,27,29-33,35,37-38H2,1-2H3,(H,42,45)/b22-21-,28-26+,36-34+. The molecule has 0 fully saturated rings. The highest BCUT2D eigenvalue weighted by Gasteiger charge is 2.17. The lowest BCUT2D eigenvalue weighted by Crippen LogP contribution is -2.45. The molecule has 2 unspecified atom stereocenters. The van der Waals surface area contributed by atoms with Crippen molar-refractivity contribution in [3.05, 3.63) is 36.5 Å². The zero-order valence-corrected chi connectivity index (χ0v) is 30.1. The molecule has 0 aliphatic rings. The van der Waals surface area contributed by atoms with Crippen LogP contribution in [0.2, 0.25) is 0 Å². The summed E-state index contributed by atoms with van der Waals surface area (Å²) in [6.45, 7) is 4.27. The van der Waals surface area contributed by atoms with Crippen LogP contribution in [0.15, 0.2) is 36.5 Å². The van der Waals surface area contributed by atoms with E-state index in [0.717, 1.165) is 32.1 Å². The minimum absolute atomic E-state index is 0.0803. The van der Waals surface area contributed by atoms with Crippen molar-refractivity contribution in [1.29, 1.82) is 0 Å². The molecule has 0 aromatic heterocycles. The van der Waals surface area contributed by atoms with Gasteiger partial charge in [-0.1, -0.05) is 172 Å². The molecule has 0 aromatic rings. The Morgan fingerprint density at radius 2 is 0.867 bits per heavy atom. The van der Waals surface area contributed by atoms with E-state index in [4.69, 9.17) is 0 Å². The fraction of sp³-hybridized carbons (Fsp3) is 0.829. The average molecular weight is 632 g/mol. The van der Waals surface area contributed by atoms with Crippen LogP contribution in [-0.4, -0.2) is 34.9 Å². The molecule has 0 aliphatic carbocycles. The monoisotopic (exact) mass is 632 g/mol. The van der Waals surface area contributed by atoms with Crippen LogP contribution in [0.4, 0.5) is 0 Å². The summed E-state index contributed by atoms with van der Waals surface area (Å²) in [5.74, 6) is -0.0803. The Morgan fingerprint density at radius 1 is 0.511 bits per heavy atom. The second kappa shape index (κ2) is 37.1. The molecule has 0 radical (unpaired) electrons. The SMILES string of the molecule is CCCCCCC/C=C/CC/C=C/C(O)C(CO)NC(=O)CCCCCCCCC/C=C\CCCCCCCCCCCCC. The van der Waals surface area contributed by atoms with E-state index in [1.54, 1.807) is 6.08 Å². The number of unbranched alkanes of at least 4 members (excludes halogenated alkanes) is 24. The Morgan fingerprint density at radius 3 is 1.29 bits per heavy atom. The number of hydrogen-bond donors (Lipinski definition) is 3. The van der Waals surface area contributed by atoms with Gasteiger partial charge in [0.2, 0.25) is 5.91 Å². The molecule has 0 rings (SSSR count). The van der Waals surface area contributed by atoms with Crippen LogP contribution in [0, 0.1) is 0 Å². The van der Waals surface area contributed by atoms with Crippen molar-refractivity contribution < 1.29 is 15.0 Å². The number of nitrogens with one attached hydrogen (secondary N) is 1. The summed E-state index contributed by atoms with van der Waals surface area (Å²) >= 11 is 0. The molecule has 0 bridgehead atoms. The topological polar surface area (TPSA) is 69.6 Å². The van der Waals surface area contributed by atoms with Crippen molar-refractivity contribution in [2.45, 2.75) is 212 Å². The van der Waals surface area contributed by atoms with Gasteiger partial charge in [-0.25, -0.2) is 0 Å². The van der Waals surface area contributed by atoms with Crippen LogP contribution in [0.25, 0.3) is 0 Å². The molecule has 264 valence electrons. The highest BCUT2D eigenvalue weighted by molar-refractivity contribution is 5.76. The Bertz CT molecular complexity index is 686. The minimum atomic E-state index is -0.860. The minimum Gasteiger partial charge on any atom is -0.394 e. The van der Waals surface area contributed by atoms with Crippen LogP contribution in [0.1, 0.15) is 200 Å². The van der Waals surface area contributed by atoms with Gasteiger partial charge >= 0.3 is 0 Å². The average Bonchev–Trinajstić information content (AvgIpc) is 3.04. The van der Waals surface area contributed by atoms with E-state index in [2.05, 4.69) is 43.5 Å². The fourth-order valence-corrected chi connectivity index (χ4v) is 5.78. The van der Waals surface area contributed by atoms with Crippen LogP contribution in [0.5, 0.6) is 0 Å². The summed E-state index contributed by atoms with van der Waals surface area (Å²) in [5.41, 5.74) is 0. The zero-order chi connectivity index (χ0) is 32.9. The third-order valence-electron chi connectivity index (χ3n) is 8.85. The Balaban J connectivity index is 3.58. The maximum Gasteiger partial charge on any atom is 0.220 e. The van der Waals surface area contributed by atoms with Crippen LogP contribution < -0.4 is 5.32 Å². The summed E-state index contributed by atoms with van der Waals surface area (Å²) < 4.78 is 0. The van der Waals surface area contributed by atoms with Crippen LogP contribution in [0.3, 0.4) is 0 Å². The van der Waals surface area contributed by atoms with Gasteiger partial charge in [0.05, 0.1) is 18.8 Å². The van der Waals surface area contributed by atoms with E-state index >= 15 is 0 Å². The van der Waals surface area contributed by atoms with Crippen molar-refractivity contribution in [3.8, 4) is 0 Å². The first-order valence-corrected chi connectivity index (χ1v) is 19.7. The molecule has 1 amide bonds. The van der Waals surface area contributed by atoms with Gasteiger partial charge in [0, 0.05) is 6.42 Å². The molecular formula is C41H77NO3. The van der Waals surface area contributed by atoms with E-state index in [1.807, 2.05) is 6.08 Å². The predicted molar refractivity (Wildman–Crippen MR) is 198 cm³/mol. The molecule has 4 nitrogen and oxygen atoms in total. The fourth-order valence-electron chi connectivity index (χ4n) is 5.78. The van der Waals surface area contributed by atoms with Crippen LogP contribution in [-0.2, 0) is 4.79 Å². The van der Waals surface area contributed by atoms with E-state index in [9.17, 15) is 15.0 Å². The molecule has 0 heterocycles. The van der Waals surface area contributed by atoms with Crippen molar-refractivity contribution in [3.63, 3.8) is 0 Å². The Kier molecular flexibility index (Phi) is 35.9. The van der Waals surface area contributed by atoms with Crippen molar-refractivity contribution in [1.82, 2.24) is 5.32 Å². The van der Waals surface area contributed by atoms with Gasteiger partial charge in [0.15, 0.2) is 0 Å². The van der Waals surface area contributed by atoms with E-state index in [0.29, 0.717) is 6.42 Å². The van der Waals surface area contributed by atoms with Crippen molar-refractivity contribution in [2.24, 2.45) is 0 Å². The summed E-state index contributed by atoms with van der Waals surface area (Å²) in [6.07, 6.45) is 48.1. The normalized spacial score (nSPS) is 13.4. The highest BCUT2D eigenvalue weighted by atomic mass is 16.3. The van der Waals surface area contributed by atoms with Gasteiger partial charge in [-0.05, 0) is 57.8 Å². The maximum absolute atomic E-state index is 12.3. The largest absolute Gasteiger partial charge is 0.394 e. The number of aliphatic hydroxyl groups excluding tert-OH is 2. The first-order chi connectivity index (χ1) is 22.2. The van der Waals surface area contributed by atoms with E-state index in [-0.39, 0.29) is 12.5 Å². The van der Waals surface area contributed by atoms with Crippen molar-refractivity contribution >= 4 is 5.91 Å². The van der Waals surface area contributed by atoms with Crippen LogP contribution >= 0.6 is 0 Å². The summed E-state index contributed by atoms with van der Waals surface area (Å²) in [6, 6.07) is -0.638. The van der Waals surface area contributed by atoms with Gasteiger partial charge in [-0.2, -0.15) is 0 Å². The molecule has 0 aromatic carbocycles. The van der Waals surface area contributed by atoms with E-state index in [1.165, 1.54) is 148 Å². The van der Waals surface area contributed by atoms with Gasteiger partial charge in [-0.15, -0.1) is 0 Å². The molecule has 0 aliphatic heterocycles. The second-order valence-corrected chi connectivity index (χ2v) is 13.3. The lowest BCUT2D eigenvalue weighted by atomic mass is 10.0. The van der Waals surface area contributed by atoms with Gasteiger partial charge < -0.3 is 15.5 Å². The van der Waals surface area contributed by atoms with Crippen molar-refractivity contribution in [2.75, 3.05) is 6.61 Å². The molecule has 0 spiro atoms. The Labute approximate surface area is 281 Å². The first kappa shape index (κ1) is 43.6. The van der Waals surface area contributed by atoms with E-state index < -0.39 is 12.1 Å². The third kappa shape index (κ3) is 33.8. The number of aliphatic hydroxyl groups is 2. The van der Waals surface area contributed by atoms with Gasteiger partial charge in [0.1, 0.15) is 0 Å². The number of allylic oxidation sites excluding steroid dienone is 5. The lowest BCUT2D eigenvalue weighted by molar-refractivity contribution is -0.123. The Hall–Kier alpha value is -1.39. The third-order valence-corrected chi connectivity index (χ3v) is 8.85. The maximum atomic E-state index is 12.3. The predicted octanol–water partition coefficient (Wildman–Crippen LogP) is 11.8. The first-order valence-electron chi connectivity index (χ1n) is 19.7. The number of carbonyl (C=O) groups is 1. The number of rotatable bonds is 35. The summed E-state index contributed by atoms with van der Waals surface area (Å²) in [7, 11) is 0. The summed E-state index contributed by atoms with van der Waals surface area (Å²) in [4.78, 5) is 12.3. The molecule has 3 N–H and O–H groups in total. The molecule has 0 saturated carbocycles. The molecular weight excluding hydrogens is 554 g/mol. The van der Waals surface area contributed by atoms with Gasteiger partial charge in [-0.3, -0.25) is 4.79 Å². The highest BCUT2D eigenvalue weighted by Crippen LogP contribution is 2.13. The quantitative estimate of drug-likeness (QED) is 0.0481. The van der Waals surface area contributed by atoms with Gasteiger partial charge in [0.25, 0.3) is 0 Å². The molecule has 4 heteroatoms. The zero-order valence-electron chi connectivity index (χ0n) is 30.1. The molecule has 0 saturated heterocycles. The molecule has 2 atom stereocenters. The lowest BCUT2D eigenvalue weighted by Gasteiger charge is -2.19. The summed E-state index contributed by atoms with van der Waals surface area (Å²) in [5, 5.41) is 22.8. The number of carbonyl (C=O) groups excluding carboxylic acids is 1.